The van der Waals surface area contributed by atoms with E-state index in [9.17, 15) is 4.79 Å². The number of hydrogen-bond donors (Lipinski definition) is 1. The summed E-state index contributed by atoms with van der Waals surface area (Å²) in [5.74, 6) is -0.289. The Bertz CT molecular complexity index is 398. The zero-order valence-electron chi connectivity index (χ0n) is 9.41. The zero-order valence-corrected chi connectivity index (χ0v) is 9.41. The smallest absolute Gasteiger partial charge is 0.249 e. The molecule has 1 amide bonds. The van der Waals surface area contributed by atoms with Crippen molar-refractivity contribution in [2.24, 2.45) is 5.73 Å². The number of hydrogen-bond acceptors (Lipinski definition) is 1. The van der Waals surface area contributed by atoms with Gasteiger partial charge >= 0.3 is 0 Å². The lowest BCUT2D eigenvalue weighted by molar-refractivity contribution is -0.112. The highest BCUT2D eigenvalue weighted by atomic mass is 16.1. The molecule has 1 aliphatic carbocycles. The van der Waals surface area contributed by atoms with Crippen LogP contribution in [-0.4, -0.2) is 5.91 Å². The van der Waals surface area contributed by atoms with E-state index in [0.717, 1.165) is 24.0 Å². The molecule has 84 valence electrons. The van der Waals surface area contributed by atoms with Crippen LogP contribution in [0.1, 0.15) is 37.7 Å². The van der Waals surface area contributed by atoms with Gasteiger partial charge in [-0.2, -0.15) is 0 Å². The van der Waals surface area contributed by atoms with Crippen LogP contribution >= 0.6 is 0 Å². The molecule has 1 aromatic carbocycles. The molecule has 0 aromatic heterocycles. The molecule has 0 aliphatic heterocycles. The topological polar surface area (TPSA) is 43.1 Å². The number of primary amides is 1. The van der Waals surface area contributed by atoms with Crippen LogP contribution in [-0.2, 0) is 4.79 Å². The lowest BCUT2D eigenvalue weighted by Crippen LogP contribution is -2.16. The second-order valence-electron chi connectivity index (χ2n) is 4.27. The monoisotopic (exact) mass is 215 g/mol. The highest BCUT2D eigenvalue weighted by Gasteiger charge is 2.16. The Morgan fingerprint density at radius 3 is 2.19 bits per heavy atom. The van der Waals surface area contributed by atoms with Crippen molar-refractivity contribution in [1.29, 1.82) is 0 Å². The molecule has 0 saturated heterocycles. The predicted octanol–water partition coefficient (Wildman–Crippen LogP) is 2.89. The lowest BCUT2D eigenvalue weighted by Gasteiger charge is -2.17. The third-order valence-corrected chi connectivity index (χ3v) is 3.12. The van der Waals surface area contributed by atoms with E-state index in [1.807, 2.05) is 30.3 Å². The van der Waals surface area contributed by atoms with Crippen LogP contribution in [0, 0.1) is 0 Å². The minimum Gasteiger partial charge on any atom is -0.366 e. The first-order valence-corrected chi connectivity index (χ1v) is 5.86. The number of carbonyl (C=O) groups excluding carboxylic acids is 1. The van der Waals surface area contributed by atoms with Gasteiger partial charge in [0.25, 0.3) is 0 Å². The summed E-state index contributed by atoms with van der Waals surface area (Å²) in [6.45, 7) is 0. The maximum atomic E-state index is 11.6. The number of benzene rings is 1. The van der Waals surface area contributed by atoms with Crippen molar-refractivity contribution in [3.63, 3.8) is 0 Å². The zero-order chi connectivity index (χ0) is 11.4. The molecule has 16 heavy (non-hydrogen) atoms. The number of rotatable bonds is 2. The molecule has 0 spiro atoms. The van der Waals surface area contributed by atoms with Crippen molar-refractivity contribution in [3.05, 3.63) is 41.5 Å². The number of allylic oxidation sites excluding steroid dienone is 1. The van der Waals surface area contributed by atoms with Gasteiger partial charge in [-0.25, -0.2) is 0 Å². The first-order chi connectivity index (χ1) is 7.79. The highest BCUT2D eigenvalue weighted by molar-refractivity contribution is 6.19. The fraction of sp³-hybridized carbons (Fsp3) is 0.357. The third-order valence-electron chi connectivity index (χ3n) is 3.12. The van der Waals surface area contributed by atoms with Crippen molar-refractivity contribution < 1.29 is 4.79 Å². The van der Waals surface area contributed by atoms with Gasteiger partial charge < -0.3 is 5.73 Å². The van der Waals surface area contributed by atoms with Crippen LogP contribution in [0.15, 0.2) is 35.9 Å². The average molecular weight is 215 g/mol. The Labute approximate surface area is 96.2 Å². The first-order valence-electron chi connectivity index (χ1n) is 5.86. The fourth-order valence-electron chi connectivity index (χ4n) is 2.35. The maximum Gasteiger partial charge on any atom is 0.249 e. The summed E-state index contributed by atoms with van der Waals surface area (Å²) in [6.07, 6.45) is 5.67. The standard InChI is InChI=1S/C14H17NO/c15-14(16)13(11-7-3-1-4-8-11)12-9-5-2-6-10-12/h1,3-4,7-8H,2,5-6,9-10H2,(H2,15,16). The van der Waals surface area contributed by atoms with Crippen molar-refractivity contribution in [2.45, 2.75) is 32.1 Å². The average Bonchev–Trinajstić information content (AvgIpc) is 2.31. The minimum absolute atomic E-state index is 0.289. The molecule has 1 aromatic rings. The summed E-state index contributed by atoms with van der Waals surface area (Å²) in [7, 11) is 0. The Kier molecular flexibility index (Phi) is 3.40. The second-order valence-corrected chi connectivity index (χ2v) is 4.27. The van der Waals surface area contributed by atoms with Gasteiger partial charge in [0.15, 0.2) is 0 Å². The molecule has 1 fully saturated rings. The summed E-state index contributed by atoms with van der Waals surface area (Å²) in [5, 5.41) is 0. The van der Waals surface area contributed by atoms with E-state index in [2.05, 4.69) is 0 Å². The van der Waals surface area contributed by atoms with Crippen molar-refractivity contribution >= 4 is 11.5 Å². The van der Waals surface area contributed by atoms with Gasteiger partial charge in [-0.05, 0) is 31.2 Å². The normalized spacial score (nSPS) is 15.9. The minimum atomic E-state index is -0.289. The molecule has 2 rings (SSSR count). The summed E-state index contributed by atoms with van der Waals surface area (Å²) in [6, 6.07) is 9.76. The predicted molar refractivity (Wildman–Crippen MR) is 65.6 cm³/mol. The Balaban J connectivity index is 2.41. The van der Waals surface area contributed by atoms with Gasteiger partial charge in [-0.15, -0.1) is 0 Å². The van der Waals surface area contributed by atoms with Gasteiger partial charge in [0.1, 0.15) is 0 Å². The molecule has 1 saturated carbocycles. The van der Waals surface area contributed by atoms with E-state index in [1.165, 1.54) is 24.8 Å². The van der Waals surface area contributed by atoms with E-state index in [0.29, 0.717) is 0 Å². The van der Waals surface area contributed by atoms with Crippen LogP contribution in [0.3, 0.4) is 0 Å². The Morgan fingerprint density at radius 1 is 1.00 bits per heavy atom. The largest absolute Gasteiger partial charge is 0.366 e. The molecule has 0 radical (unpaired) electrons. The van der Waals surface area contributed by atoms with E-state index in [4.69, 9.17) is 5.73 Å². The maximum absolute atomic E-state index is 11.6. The summed E-state index contributed by atoms with van der Waals surface area (Å²) in [5.41, 5.74) is 8.46. The van der Waals surface area contributed by atoms with Gasteiger partial charge in [-0.3, -0.25) is 4.79 Å². The molecular weight excluding hydrogens is 198 g/mol. The van der Waals surface area contributed by atoms with Crippen LogP contribution in [0.4, 0.5) is 0 Å². The van der Waals surface area contributed by atoms with Crippen molar-refractivity contribution in [1.82, 2.24) is 0 Å². The van der Waals surface area contributed by atoms with Gasteiger partial charge in [0.2, 0.25) is 5.91 Å². The van der Waals surface area contributed by atoms with Crippen LogP contribution < -0.4 is 5.73 Å². The fourth-order valence-corrected chi connectivity index (χ4v) is 2.35. The molecule has 0 unspecified atom stereocenters. The second kappa shape index (κ2) is 4.97. The highest BCUT2D eigenvalue weighted by Crippen LogP contribution is 2.30. The number of carbonyl (C=O) groups is 1. The van der Waals surface area contributed by atoms with Crippen LogP contribution in [0.25, 0.3) is 5.57 Å². The summed E-state index contributed by atoms with van der Waals surface area (Å²) < 4.78 is 0. The van der Waals surface area contributed by atoms with E-state index >= 15 is 0 Å². The molecular formula is C14H17NO. The van der Waals surface area contributed by atoms with Crippen molar-refractivity contribution in [3.8, 4) is 0 Å². The van der Waals surface area contributed by atoms with E-state index in [-0.39, 0.29) is 5.91 Å². The number of nitrogens with two attached hydrogens (primary N) is 1. The molecule has 2 N–H and O–H groups in total. The molecule has 0 heterocycles. The quantitative estimate of drug-likeness (QED) is 0.757. The molecule has 0 bridgehead atoms. The lowest BCUT2D eigenvalue weighted by atomic mass is 9.88. The number of amides is 1. The van der Waals surface area contributed by atoms with Crippen LogP contribution in [0.5, 0.6) is 0 Å². The Morgan fingerprint density at radius 2 is 1.62 bits per heavy atom. The third kappa shape index (κ3) is 2.32. The molecule has 2 heteroatoms. The molecule has 0 atom stereocenters. The van der Waals surface area contributed by atoms with Gasteiger partial charge in [0.05, 0.1) is 0 Å². The van der Waals surface area contributed by atoms with Gasteiger partial charge in [0, 0.05) is 5.57 Å². The van der Waals surface area contributed by atoms with E-state index < -0.39 is 0 Å². The van der Waals surface area contributed by atoms with Gasteiger partial charge in [-0.1, -0.05) is 42.3 Å². The van der Waals surface area contributed by atoms with E-state index in [1.54, 1.807) is 0 Å². The SMILES string of the molecule is NC(=O)C(=C1CCCCC1)c1ccccc1. The molecule has 2 nitrogen and oxygen atoms in total. The summed E-state index contributed by atoms with van der Waals surface area (Å²) in [4.78, 5) is 11.6. The van der Waals surface area contributed by atoms with Crippen LogP contribution in [0.2, 0.25) is 0 Å². The first kappa shape index (κ1) is 10.9. The van der Waals surface area contributed by atoms with Crippen molar-refractivity contribution in [2.75, 3.05) is 0 Å². The Hall–Kier alpha value is -1.57. The summed E-state index contributed by atoms with van der Waals surface area (Å²) >= 11 is 0. The molecule has 1 aliphatic rings.